The molecule has 2 aromatic carbocycles. The maximum atomic E-state index is 11.0. The highest BCUT2D eigenvalue weighted by atomic mass is 35.5. The van der Waals surface area contributed by atoms with Crippen LogP contribution in [0.15, 0.2) is 48.5 Å². The van der Waals surface area contributed by atoms with Crippen LogP contribution in [-0.2, 0) is 6.42 Å². The predicted octanol–water partition coefficient (Wildman–Crippen LogP) is 3.78. The zero-order chi connectivity index (χ0) is 15.9. The minimum atomic E-state index is -0.481. The topological polar surface area (TPSA) is 67.2 Å². The summed E-state index contributed by atoms with van der Waals surface area (Å²) in [6.07, 6.45) is 0.806. The molecule has 0 spiro atoms. The van der Waals surface area contributed by atoms with E-state index < -0.39 is 4.92 Å². The van der Waals surface area contributed by atoms with Crippen molar-refractivity contribution >= 4 is 40.3 Å². The predicted molar refractivity (Wildman–Crippen MR) is 92.5 cm³/mol. The maximum absolute atomic E-state index is 11.0. The number of hydrogen-bond donors (Lipinski definition) is 2. The smallest absolute Gasteiger partial charge is 0.292 e. The van der Waals surface area contributed by atoms with E-state index in [0.717, 1.165) is 6.42 Å². The van der Waals surface area contributed by atoms with Crippen molar-refractivity contribution in [1.82, 2.24) is 5.32 Å². The SMILES string of the molecule is O=[N+]([O-])c1ccc(Cl)cc1NC(=S)NCCc1ccccc1. The quantitative estimate of drug-likeness (QED) is 0.494. The molecule has 0 bridgehead atoms. The van der Waals surface area contributed by atoms with Crippen LogP contribution in [0.2, 0.25) is 5.02 Å². The number of nitrogens with zero attached hydrogens (tertiary/aromatic N) is 1. The third-order valence-corrected chi connectivity index (χ3v) is 3.43. The van der Waals surface area contributed by atoms with Crippen LogP contribution in [0.5, 0.6) is 0 Å². The molecule has 0 saturated carbocycles. The van der Waals surface area contributed by atoms with Gasteiger partial charge in [0.15, 0.2) is 5.11 Å². The first-order chi connectivity index (χ1) is 10.6. The van der Waals surface area contributed by atoms with Gasteiger partial charge in [0.25, 0.3) is 5.69 Å². The van der Waals surface area contributed by atoms with Gasteiger partial charge < -0.3 is 10.6 Å². The Morgan fingerprint density at radius 3 is 2.64 bits per heavy atom. The number of hydrogen-bond acceptors (Lipinski definition) is 3. The van der Waals surface area contributed by atoms with E-state index in [2.05, 4.69) is 10.6 Å². The summed E-state index contributed by atoms with van der Waals surface area (Å²) in [5.74, 6) is 0. The van der Waals surface area contributed by atoms with E-state index in [1.807, 2.05) is 30.3 Å². The lowest BCUT2D eigenvalue weighted by Crippen LogP contribution is -2.30. The molecule has 0 unspecified atom stereocenters. The zero-order valence-corrected chi connectivity index (χ0v) is 13.2. The molecule has 0 saturated heterocycles. The fraction of sp³-hybridized carbons (Fsp3) is 0.133. The summed E-state index contributed by atoms with van der Waals surface area (Å²) in [6, 6.07) is 14.3. The normalized spacial score (nSPS) is 10.0. The Morgan fingerprint density at radius 2 is 1.95 bits per heavy atom. The Bertz CT molecular complexity index is 680. The van der Waals surface area contributed by atoms with Crippen LogP contribution in [0.1, 0.15) is 5.56 Å². The highest BCUT2D eigenvalue weighted by Crippen LogP contribution is 2.27. The van der Waals surface area contributed by atoms with Crippen molar-refractivity contribution in [3.8, 4) is 0 Å². The van der Waals surface area contributed by atoms with Crippen molar-refractivity contribution in [2.45, 2.75) is 6.42 Å². The summed E-state index contributed by atoms with van der Waals surface area (Å²) in [5.41, 5.74) is 1.39. The molecule has 2 aromatic rings. The van der Waals surface area contributed by atoms with E-state index in [-0.39, 0.29) is 11.4 Å². The molecular formula is C15H14ClN3O2S. The van der Waals surface area contributed by atoms with Crippen molar-refractivity contribution in [1.29, 1.82) is 0 Å². The largest absolute Gasteiger partial charge is 0.362 e. The Morgan fingerprint density at radius 1 is 1.23 bits per heavy atom. The average molecular weight is 336 g/mol. The zero-order valence-electron chi connectivity index (χ0n) is 11.6. The third-order valence-electron chi connectivity index (χ3n) is 2.95. The van der Waals surface area contributed by atoms with E-state index >= 15 is 0 Å². The summed E-state index contributed by atoms with van der Waals surface area (Å²) < 4.78 is 0. The maximum Gasteiger partial charge on any atom is 0.292 e. The molecular weight excluding hydrogens is 322 g/mol. The minimum Gasteiger partial charge on any atom is -0.362 e. The van der Waals surface area contributed by atoms with Crippen molar-refractivity contribution in [3.63, 3.8) is 0 Å². The van der Waals surface area contributed by atoms with Gasteiger partial charge in [0, 0.05) is 17.6 Å². The number of nitro benzene ring substituents is 1. The van der Waals surface area contributed by atoms with Crippen LogP contribution >= 0.6 is 23.8 Å². The number of anilines is 1. The lowest BCUT2D eigenvalue weighted by molar-refractivity contribution is -0.383. The van der Waals surface area contributed by atoms with E-state index in [4.69, 9.17) is 23.8 Å². The van der Waals surface area contributed by atoms with Crippen LogP contribution in [-0.4, -0.2) is 16.6 Å². The Balaban J connectivity index is 1.92. The number of halogens is 1. The molecule has 22 heavy (non-hydrogen) atoms. The second kappa shape index (κ2) is 7.72. The number of nitrogens with one attached hydrogen (secondary N) is 2. The number of benzene rings is 2. The van der Waals surface area contributed by atoms with Gasteiger partial charge in [-0.1, -0.05) is 41.9 Å². The lowest BCUT2D eigenvalue weighted by Gasteiger charge is -2.11. The molecule has 5 nitrogen and oxygen atoms in total. The molecule has 0 amide bonds. The van der Waals surface area contributed by atoms with Gasteiger partial charge in [-0.05, 0) is 36.3 Å². The standard InChI is InChI=1S/C15H14ClN3O2S/c16-12-6-7-14(19(20)21)13(10-12)18-15(22)17-9-8-11-4-2-1-3-5-11/h1-7,10H,8-9H2,(H2,17,18,22). The monoisotopic (exact) mass is 335 g/mol. The van der Waals surface area contributed by atoms with Crippen LogP contribution in [0.3, 0.4) is 0 Å². The average Bonchev–Trinajstić information content (AvgIpc) is 2.48. The summed E-state index contributed by atoms with van der Waals surface area (Å²) in [7, 11) is 0. The Labute approximate surface area is 138 Å². The number of rotatable bonds is 5. The second-order valence-corrected chi connectivity index (χ2v) is 5.38. The van der Waals surface area contributed by atoms with Crippen molar-refractivity contribution in [2.75, 3.05) is 11.9 Å². The van der Waals surface area contributed by atoms with Crippen LogP contribution in [0, 0.1) is 10.1 Å². The van der Waals surface area contributed by atoms with Crippen LogP contribution in [0.4, 0.5) is 11.4 Å². The van der Waals surface area contributed by atoms with Gasteiger partial charge in [0.05, 0.1) is 4.92 Å². The molecule has 2 N–H and O–H groups in total. The third kappa shape index (κ3) is 4.68. The first-order valence-electron chi connectivity index (χ1n) is 6.59. The highest BCUT2D eigenvalue weighted by Gasteiger charge is 2.14. The van der Waals surface area contributed by atoms with Gasteiger partial charge in [0.2, 0.25) is 0 Å². The molecule has 0 aliphatic carbocycles. The number of nitro groups is 1. The molecule has 0 radical (unpaired) electrons. The molecule has 2 rings (SSSR count). The fourth-order valence-corrected chi connectivity index (χ4v) is 2.28. The van der Waals surface area contributed by atoms with Crippen molar-refractivity contribution in [2.24, 2.45) is 0 Å². The van der Waals surface area contributed by atoms with Gasteiger partial charge in [-0.3, -0.25) is 10.1 Å². The van der Waals surface area contributed by atoms with Gasteiger partial charge in [0.1, 0.15) is 5.69 Å². The minimum absolute atomic E-state index is 0.0726. The second-order valence-electron chi connectivity index (χ2n) is 4.54. The Hall–Kier alpha value is -2.18. The molecule has 7 heteroatoms. The molecule has 0 aliphatic heterocycles. The summed E-state index contributed by atoms with van der Waals surface area (Å²) in [4.78, 5) is 10.5. The molecule has 114 valence electrons. The summed E-state index contributed by atoms with van der Waals surface area (Å²) >= 11 is 11.0. The van der Waals surface area contributed by atoms with Gasteiger partial charge in [-0.15, -0.1) is 0 Å². The van der Waals surface area contributed by atoms with E-state index in [0.29, 0.717) is 16.7 Å². The first kappa shape index (κ1) is 16.2. The van der Waals surface area contributed by atoms with Crippen molar-refractivity contribution in [3.05, 3.63) is 69.2 Å². The van der Waals surface area contributed by atoms with E-state index in [9.17, 15) is 10.1 Å². The van der Waals surface area contributed by atoms with Crippen LogP contribution in [0.25, 0.3) is 0 Å². The van der Waals surface area contributed by atoms with Gasteiger partial charge in [-0.2, -0.15) is 0 Å². The summed E-state index contributed by atoms with van der Waals surface area (Å²) in [6.45, 7) is 0.629. The van der Waals surface area contributed by atoms with Crippen LogP contribution < -0.4 is 10.6 Å². The molecule has 0 fully saturated rings. The van der Waals surface area contributed by atoms with Crippen molar-refractivity contribution < 1.29 is 4.92 Å². The molecule has 0 atom stereocenters. The van der Waals surface area contributed by atoms with E-state index in [1.54, 1.807) is 0 Å². The van der Waals surface area contributed by atoms with Gasteiger partial charge >= 0.3 is 0 Å². The molecule has 0 heterocycles. The lowest BCUT2D eigenvalue weighted by atomic mass is 10.1. The Kier molecular flexibility index (Phi) is 5.68. The summed E-state index contributed by atoms with van der Waals surface area (Å²) in [5, 5.41) is 17.5. The first-order valence-corrected chi connectivity index (χ1v) is 7.37. The van der Waals surface area contributed by atoms with Gasteiger partial charge in [-0.25, -0.2) is 0 Å². The molecule has 0 aromatic heterocycles. The fourth-order valence-electron chi connectivity index (χ4n) is 1.90. The van der Waals surface area contributed by atoms with E-state index in [1.165, 1.54) is 23.8 Å². The highest BCUT2D eigenvalue weighted by molar-refractivity contribution is 7.80. The number of thiocarbonyl (C=S) groups is 1. The molecule has 0 aliphatic rings.